The second kappa shape index (κ2) is 7.44. The first kappa shape index (κ1) is 17.3. The zero-order valence-electron chi connectivity index (χ0n) is 12.5. The molecule has 0 unspecified atom stereocenters. The van der Waals surface area contributed by atoms with Crippen molar-refractivity contribution in [2.24, 2.45) is 0 Å². The first-order chi connectivity index (χ1) is 10.9. The molecule has 0 radical (unpaired) electrons. The molecule has 2 rings (SSSR count). The molecule has 7 nitrogen and oxygen atoms in total. The Kier molecular flexibility index (Phi) is 5.59. The van der Waals surface area contributed by atoms with Crippen molar-refractivity contribution in [2.45, 2.75) is 6.61 Å². The van der Waals surface area contributed by atoms with Crippen molar-refractivity contribution in [3.05, 3.63) is 42.0 Å². The summed E-state index contributed by atoms with van der Waals surface area (Å²) in [6, 6.07) is 4.73. The Hall–Kier alpha value is -2.10. The van der Waals surface area contributed by atoms with Crippen LogP contribution in [0, 0.1) is 5.82 Å². The van der Waals surface area contributed by atoms with E-state index < -0.39 is 15.8 Å². The van der Waals surface area contributed by atoms with Crippen LogP contribution >= 0.6 is 0 Å². The molecule has 0 aliphatic carbocycles. The number of nitrogens with one attached hydrogen (secondary N) is 2. The number of rotatable bonds is 7. The lowest BCUT2D eigenvalue weighted by molar-refractivity contribution is 0.276. The minimum Gasteiger partial charge on any atom is -0.392 e. The zero-order chi connectivity index (χ0) is 16.9. The van der Waals surface area contributed by atoms with Crippen LogP contribution < -0.4 is 10.0 Å². The maximum absolute atomic E-state index is 14.1. The van der Waals surface area contributed by atoms with Crippen LogP contribution in [-0.2, 0) is 16.6 Å². The van der Waals surface area contributed by atoms with Crippen molar-refractivity contribution in [1.29, 1.82) is 0 Å². The van der Waals surface area contributed by atoms with Crippen LogP contribution in [0.4, 0.5) is 10.3 Å². The molecule has 1 aromatic carbocycles. The number of benzene rings is 1. The zero-order valence-corrected chi connectivity index (χ0v) is 13.3. The predicted octanol–water partition coefficient (Wildman–Crippen LogP) is 0.736. The highest BCUT2D eigenvalue weighted by Gasteiger charge is 2.10. The number of halogens is 1. The third-order valence-electron chi connectivity index (χ3n) is 2.98. The van der Waals surface area contributed by atoms with E-state index >= 15 is 0 Å². The summed E-state index contributed by atoms with van der Waals surface area (Å²) in [6.45, 7) is 0.144. The molecule has 3 N–H and O–H groups in total. The fourth-order valence-electron chi connectivity index (χ4n) is 1.89. The fraction of sp³-hybridized carbons (Fsp3) is 0.286. The van der Waals surface area contributed by atoms with Crippen molar-refractivity contribution >= 4 is 16.0 Å². The van der Waals surface area contributed by atoms with Crippen molar-refractivity contribution < 1.29 is 17.9 Å². The number of sulfonamides is 1. The number of anilines is 1. The summed E-state index contributed by atoms with van der Waals surface area (Å²) in [5, 5.41) is 11.9. The Balaban J connectivity index is 2.02. The average Bonchev–Trinajstić information content (AvgIpc) is 2.52. The molecule has 0 aliphatic rings. The summed E-state index contributed by atoms with van der Waals surface area (Å²) < 4.78 is 38.3. The molecule has 23 heavy (non-hydrogen) atoms. The first-order valence-electron chi connectivity index (χ1n) is 6.80. The summed E-state index contributed by atoms with van der Waals surface area (Å²) >= 11 is 0. The van der Waals surface area contributed by atoms with Gasteiger partial charge in [0.2, 0.25) is 16.0 Å². The highest BCUT2D eigenvalue weighted by atomic mass is 32.2. The number of hydrogen-bond acceptors (Lipinski definition) is 6. The number of aliphatic hydroxyl groups excluding tert-OH is 1. The molecule has 1 heterocycles. The Morgan fingerprint density at radius 1 is 1.22 bits per heavy atom. The van der Waals surface area contributed by atoms with Crippen molar-refractivity contribution in [3.63, 3.8) is 0 Å². The highest BCUT2D eigenvalue weighted by molar-refractivity contribution is 7.88. The quantitative estimate of drug-likeness (QED) is 0.642. The maximum atomic E-state index is 14.1. The smallest absolute Gasteiger partial charge is 0.222 e. The van der Waals surface area contributed by atoms with Gasteiger partial charge >= 0.3 is 0 Å². The second-order valence-corrected chi connectivity index (χ2v) is 6.66. The van der Waals surface area contributed by atoms with Gasteiger partial charge in [-0.2, -0.15) is 0 Å². The van der Waals surface area contributed by atoms with Gasteiger partial charge in [0.25, 0.3) is 0 Å². The van der Waals surface area contributed by atoms with E-state index in [1.165, 1.54) is 18.5 Å². The standard InChI is InChI=1S/C14H17FN4O3S/c1-23(21,22)19-6-5-16-14-17-7-11(8-18-14)12-4-2-3-10(9-20)13(12)15/h2-4,7-8,19-20H,5-6,9H2,1H3,(H,16,17,18). The number of aliphatic hydroxyl groups is 1. The molecule has 0 atom stereocenters. The van der Waals surface area contributed by atoms with E-state index in [1.807, 2.05) is 0 Å². The SMILES string of the molecule is CS(=O)(=O)NCCNc1ncc(-c2cccc(CO)c2F)cn1. The van der Waals surface area contributed by atoms with Gasteiger partial charge in [-0.1, -0.05) is 18.2 Å². The lowest BCUT2D eigenvalue weighted by atomic mass is 10.1. The lowest BCUT2D eigenvalue weighted by Gasteiger charge is -2.08. The minimum atomic E-state index is -3.23. The molecule has 0 saturated carbocycles. The topological polar surface area (TPSA) is 104 Å². The van der Waals surface area contributed by atoms with Gasteiger partial charge in [0.05, 0.1) is 12.9 Å². The van der Waals surface area contributed by atoms with Crippen LogP contribution in [0.3, 0.4) is 0 Å². The second-order valence-electron chi connectivity index (χ2n) is 4.83. The maximum Gasteiger partial charge on any atom is 0.222 e. The van der Waals surface area contributed by atoms with Gasteiger partial charge in [-0.15, -0.1) is 0 Å². The lowest BCUT2D eigenvalue weighted by Crippen LogP contribution is -2.27. The summed E-state index contributed by atoms with van der Waals surface area (Å²) in [5.41, 5.74) is 0.996. The van der Waals surface area contributed by atoms with Gasteiger partial charge in [-0.05, 0) is 0 Å². The van der Waals surface area contributed by atoms with Crippen LogP contribution in [-0.4, -0.2) is 42.8 Å². The van der Waals surface area contributed by atoms with Gasteiger partial charge in [-0.3, -0.25) is 0 Å². The Morgan fingerprint density at radius 3 is 2.52 bits per heavy atom. The number of hydrogen-bond donors (Lipinski definition) is 3. The van der Waals surface area contributed by atoms with E-state index in [-0.39, 0.29) is 18.7 Å². The molecule has 0 saturated heterocycles. The van der Waals surface area contributed by atoms with Gasteiger partial charge < -0.3 is 10.4 Å². The average molecular weight is 340 g/mol. The van der Waals surface area contributed by atoms with Crippen LogP contribution in [0.2, 0.25) is 0 Å². The van der Waals surface area contributed by atoms with Crippen LogP contribution in [0.5, 0.6) is 0 Å². The normalized spacial score (nSPS) is 11.4. The Bertz CT molecular complexity index is 766. The molecule has 0 fully saturated rings. The molecule has 2 aromatic rings. The highest BCUT2D eigenvalue weighted by Crippen LogP contribution is 2.24. The van der Waals surface area contributed by atoms with E-state index in [9.17, 15) is 12.8 Å². The Morgan fingerprint density at radius 2 is 1.91 bits per heavy atom. The third-order valence-corrected chi connectivity index (χ3v) is 3.71. The first-order valence-corrected chi connectivity index (χ1v) is 8.69. The molecule has 1 aromatic heterocycles. The van der Waals surface area contributed by atoms with E-state index in [1.54, 1.807) is 12.1 Å². The van der Waals surface area contributed by atoms with Crippen LogP contribution in [0.15, 0.2) is 30.6 Å². The van der Waals surface area contributed by atoms with Crippen LogP contribution in [0.25, 0.3) is 11.1 Å². The minimum absolute atomic E-state index is 0.205. The molecule has 124 valence electrons. The van der Waals surface area contributed by atoms with E-state index in [4.69, 9.17) is 5.11 Å². The summed E-state index contributed by atoms with van der Waals surface area (Å²) in [7, 11) is -3.23. The molecular formula is C14H17FN4O3S. The third kappa shape index (κ3) is 4.95. The predicted molar refractivity (Wildman–Crippen MR) is 84.7 cm³/mol. The van der Waals surface area contributed by atoms with Crippen molar-refractivity contribution in [3.8, 4) is 11.1 Å². The molecule has 0 bridgehead atoms. The van der Waals surface area contributed by atoms with Crippen LogP contribution in [0.1, 0.15) is 5.56 Å². The van der Waals surface area contributed by atoms with E-state index in [2.05, 4.69) is 20.0 Å². The number of aromatic nitrogens is 2. The summed E-state index contributed by atoms with van der Waals surface area (Å²) in [5.74, 6) is -0.195. The number of nitrogens with zero attached hydrogens (tertiary/aromatic N) is 2. The van der Waals surface area contributed by atoms with Gasteiger partial charge in [0.1, 0.15) is 5.82 Å². The van der Waals surface area contributed by atoms with Crippen molar-refractivity contribution in [2.75, 3.05) is 24.7 Å². The van der Waals surface area contributed by atoms with Gasteiger partial charge in [0, 0.05) is 42.2 Å². The van der Waals surface area contributed by atoms with Crippen molar-refractivity contribution in [1.82, 2.24) is 14.7 Å². The molecule has 9 heteroatoms. The monoisotopic (exact) mass is 340 g/mol. The van der Waals surface area contributed by atoms with Gasteiger partial charge in [0.15, 0.2) is 0 Å². The Labute approximate surface area is 133 Å². The molecule has 0 amide bonds. The van der Waals surface area contributed by atoms with Gasteiger partial charge in [-0.25, -0.2) is 27.5 Å². The molecular weight excluding hydrogens is 323 g/mol. The summed E-state index contributed by atoms with van der Waals surface area (Å²) in [4.78, 5) is 8.11. The summed E-state index contributed by atoms with van der Waals surface area (Å²) in [6.07, 6.45) is 3.99. The van der Waals surface area contributed by atoms with E-state index in [0.717, 1.165) is 6.26 Å². The molecule has 0 spiro atoms. The van der Waals surface area contributed by atoms with E-state index in [0.29, 0.717) is 23.6 Å². The largest absolute Gasteiger partial charge is 0.392 e. The molecule has 0 aliphatic heterocycles. The fourth-order valence-corrected chi connectivity index (χ4v) is 2.37.